The molecule has 4 nitrogen and oxygen atoms in total. The summed E-state index contributed by atoms with van der Waals surface area (Å²) >= 11 is 1.69. The summed E-state index contributed by atoms with van der Waals surface area (Å²) < 4.78 is 0. The van der Waals surface area contributed by atoms with Crippen LogP contribution < -0.4 is 0 Å². The minimum Gasteiger partial charge on any atom is -0.348 e. The first kappa shape index (κ1) is 21.3. The van der Waals surface area contributed by atoms with Gasteiger partial charge in [-0.1, -0.05) is 54.6 Å². The zero-order chi connectivity index (χ0) is 21.8. The van der Waals surface area contributed by atoms with Crippen LogP contribution in [0.25, 0.3) is 11.1 Å². The molecule has 2 heterocycles. The van der Waals surface area contributed by atoms with Crippen LogP contribution in [-0.2, 0) is 22.4 Å². The molecule has 1 aliphatic rings. The maximum Gasteiger partial charge on any atom is 0.230 e. The van der Waals surface area contributed by atoms with Crippen LogP contribution in [0.5, 0.6) is 0 Å². The summed E-state index contributed by atoms with van der Waals surface area (Å²) in [5.41, 5.74) is 3.97. The highest BCUT2D eigenvalue weighted by atomic mass is 32.1. The van der Waals surface area contributed by atoms with Crippen molar-refractivity contribution < 1.29 is 9.59 Å². The molecular weight excluding hydrogens is 404 g/mol. The van der Waals surface area contributed by atoms with Gasteiger partial charge in [0, 0.05) is 27.2 Å². The second kappa shape index (κ2) is 9.06. The van der Waals surface area contributed by atoms with Crippen molar-refractivity contribution in [1.29, 1.82) is 0 Å². The van der Waals surface area contributed by atoms with Gasteiger partial charge in [-0.05, 0) is 51.9 Å². The molecule has 0 unspecified atom stereocenters. The van der Waals surface area contributed by atoms with Gasteiger partial charge < -0.3 is 9.80 Å². The van der Waals surface area contributed by atoms with Crippen molar-refractivity contribution >= 4 is 23.2 Å². The number of nitrogens with zero attached hydrogens (tertiary/aromatic N) is 2. The van der Waals surface area contributed by atoms with E-state index in [2.05, 4.69) is 41.1 Å². The molecule has 0 saturated carbocycles. The number of rotatable bonds is 6. The predicted octanol–water partition coefficient (Wildman–Crippen LogP) is 4.51. The van der Waals surface area contributed by atoms with Crippen LogP contribution in [0, 0.1) is 5.41 Å². The van der Waals surface area contributed by atoms with E-state index in [1.165, 1.54) is 11.1 Å². The fraction of sp³-hybridized carbons (Fsp3) is 0.308. The molecule has 160 valence electrons. The Kier molecular flexibility index (Phi) is 6.23. The Balaban J connectivity index is 1.51. The van der Waals surface area contributed by atoms with Crippen LogP contribution in [-0.4, -0.2) is 48.8 Å². The van der Waals surface area contributed by atoms with Crippen LogP contribution in [0.3, 0.4) is 0 Å². The molecule has 1 atom stereocenters. The van der Waals surface area contributed by atoms with Gasteiger partial charge in [0.2, 0.25) is 11.8 Å². The number of amides is 2. The molecule has 2 amide bonds. The molecule has 1 aromatic heterocycles. The number of thiophene rings is 1. The monoisotopic (exact) mass is 432 g/mol. The number of hydrogen-bond donors (Lipinski definition) is 0. The number of carbonyl (C=O) groups excluding carboxylic acids is 2. The summed E-state index contributed by atoms with van der Waals surface area (Å²) in [5, 5.41) is 4.22. The molecule has 3 aromatic rings. The van der Waals surface area contributed by atoms with Gasteiger partial charge in [-0.2, -0.15) is 11.3 Å². The molecule has 1 fully saturated rings. The van der Waals surface area contributed by atoms with Gasteiger partial charge in [0.1, 0.15) is 0 Å². The molecule has 1 aliphatic heterocycles. The third kappa shape index (κ3) is 4.72. The van der Waals surface area contributed by atoms with Crippen molar-refractivity contribution in [3.8, 4) is 11.1 Å². The minimum atomic E-state index is -0.570. The molecule has 0 bridgehead atoms. The lowest BCUT2D eigenvalue weighted by Crippen LogP contribution is -2.44. The van der Waals surface area contributed by atoms with Crippen LogP contribution in [0.2, 0.25) is 0 Å². The Labute approximate surface area is 188 Å². The van der Waals surface area contributed by atoms with E-state index < -0.39 is 5.41 Å². The van der Waals surface area contributed by atoms with Gasteiger partial charge in [0.05, 0.1) is 11.8 Å². The maximum absolute atomic E-state index is 13.2. The first-order chi connectivity index (χ1) is 15.0. The van der Waals surface area contributed by atoms with E-state index in [4.69, 9.17) is 0 Å². The van der Waals surface area contributed by atoms with Gasteiger partial charge in [0.15, 0.2) is 0 Å². The Morgan fingerprint density at radius 3 is 2.35 bits per heavy atom. The second-order valence-corrected chi connectivity index (χ2v) is 9.37. The Morgan fingerprint density at radius 1 is 0.968 bits per heavy atom. The van der Waals surface area contributed by atoms with E-state index in [9.17, 15) is 9.59 Å². The summed E-state index contributed by atoms with van der Waals surface area (Å²) in [6, 6.07) is 20.4. The highest BCUT2D eigenvalue weighted by Gasteiger charge is 2.46. The maximum atomic E-state index is 13.2. The fourth-order valence-corrected chi connectivity index (χ4v) is 5.14. The van der Waals surface area contributed by atoms with E-state index >= 15 is 0 Å². The summed E-state index contributed by atoms with van der Waals surface area (Å²) in [6.07, 6.45) is 1.71. The largest absolute Gasteiger partial charge is 0.348 e. The quantitative estimate of drug-likeness (QED) is 0.575. The Hall–Kier alpha value is -2.92. The average molecular weight is 433 g/mol. The average Bonchev–Trinajstić information content (AvgIpc) is 3.46. The topological polar surface area (TPSA) is 40.6 Å². The highest BCUT2D eigenvalue weighted by molar-refractivity contribution is 7.08. The van der Waals surface area contributed by atoms with Crippen molar-refractivity contribution in [2.75, 3.05) is 27.2 Å². The first-order valence-corrected chi connectivity index (χ1v) is 11.6. The lowest BCUT2D eigenvalue weighted by atomic mass is 9.79. The summed E-state index contributed by atoms with van der Waals surface area (Å²) in [6.45, 7) is 1.10. The molecule has 5 heteroatoms. The molecule has 2 aromatic carbocycles. The van der Waals surface area contributed by atoms with E-state index in [0.717, 1.165) is 11.1 Å². The smallest absolute Gasteiger partial charge is 0.230 e. The molecule has 0 radical (unpaired) electrons. The van der Waals surface area contributed by atoms with Crippen molar-refractivity contribution in [3.63, 3.8) is 0 Å². The zero-order valence-electron chi connectivity index (χ0n) is 18.1. The lowest BCUT2D eigenvalue weighted by Gasteiger charge is -2.31. The highest BCUT2D eigenvalue weighted by Crippen LogP contribution is 2.37. The van der Waals surface area contributed by atoms with E-state index in [-0.39, 0.29) is 11.8 Å². The van der Waals surface area contributed by atoms with Gasteiger partial charge in [-0.3, -0.25) is 9.59 Å². The molecule has 1 saturated heterocycles. The number of likely N-dealkylation sites (tertiary alicyclic amines) is 1. The molecule has 0 spiro atoms. The fourth-order valence-electron chi connectivity index (χ4n) is 4.47. The van der Waals surface area contributed by atoms with E-state index in [0.29, 0.717) is 32.4 Å². The van der Waals surface area contributed by atoms with Crippen molar-refractivity contribution in [1.82, 2.24) is 9.80 Å². The van der Waals surface area contributed by atoms with Gasteiger partial charge in [0.25, 0.3) is 0 Å². The number of benzene rings is 2. The van der Waals surface area contributed by atoms with Crippen LogP contribution in [0.15, 0.2) is 71.4 Å². The zero-order valence-corrected chi connectivity index (χ0v) is 18.9. The van der Waals surface area contributed by atoms with Gasteiger partial charge >= 0.3 is 0 Å². The molecule has 0 N–H and O–H groups in total. The molecule has 0 aliphatic carbocycles. The Bertz CT molecular complexity index is 1030. The van der Waals surface area contributed by atoms with Crippen molar-refractivity contribution in [3.05, 3.63) is 82.6 Å². The predicted molar refractivity (Wildman–Crippen MR) is 126 cm³/mol. The molecule has 4 rings (SSSR count). The SMILES string of the molecule is CN(C)C(=O)[C@@]1(Cc2ccc(-c3ccsc3)cc2)CCN(C(=O)Cc2ccccc2)C1. The standard InChI is InChI=1S/C26H28N2O2S/c1-27(2)25(30)26(17-21-8-10-22(11-9-21)23-12-15-31-18-23)13-14-28(19-26)24(29)16-20-6-4-3-5-7-20/h3-12,15,18H,13-14,16-17,19H2,1-2H3/t26-/m1/s1. The van der Waals surface area contributed by atoms with Crippen LogP contribution in [0.4, 0.5) is 0 Å². The molecular formula is C26H28N2O2S. The summed E-state index contributed by atoms with van der Waals surface area (Å²) in [5.74, 6) is 0.192. The van der Waals surface area contributed by atoms with Crippen LogP contribution in [0.1, 0.15) is 17.5 Å². The third-order valence-electron chi connectivity index (χ3n) is 6.12. The molecule has 31 heavy (non-hydrogen) atoms. The normalized spacial score (nSPS) is 18.2. The number of hydrogen-bond acceptors (Lipinski definition) is 3. The first-order valence-electron chi connectivity index (χ1n) is 10.6. The van der Waals surface area contributed by atoms with Crippen molar-refractivity contribution in [2.45, 2.75) is 19.3 Å². The van der Waals surface area contributed by atoms with Gasteiger partial charge in [-0.15, -0.1) is 0 Å². The van der Waals surface area contributed by atoms with Crippen LogP contribution >= 0.6 is 11.3 Å². The minimum absolute atomic E-state index is 0.0902. The van der Waals surface area contributed by atoms with E-state index in [1.54, 1.807) is 30.3 Å². The summed E-state index contributed by atoms with van der Waals surface area (Å²) in [4.78, 5) is 29.7. The van der Waals surface area contributed by atoms with Gasteiger partial charge in [-0.25, -0.2) is 0 Å². The second-order valence-electron chi connectivity index (χ2n) is 8.59. The Morgan fingerprint density at radius 2 is 1.71 bits per heavy atom. The van der Waals surface area contributed by atoms with Crippen molar-refractivity contribution in [2.24, 2.45) is 5.41 Å². The summed E-state index contributed by atoms with van der Waals surface area (Å²) in [7, 11) is 3.61. The van der Waals surface area contributed by atoms with E-state index in [1.807, 2.05) is 35.2 Å². The number of carbonyl (C=O) groups is 2. The third-order valence-corrected chi connectivity index (χ3v) is 6.80. The lowest BCUT2D eigenvalue weighted by molar-refractivity contribution is -0.139.